The first-order valence-electron chi connectivity index (χ1n) is 5.34. The highest BCUT2D eigenvalue weighted by Crippen LogP contribution is 2.26. The molecule has 0 bridgehead atoms. The Hall–Kier alpha value is -2.08. The topological polar surface area (TPSA) is 105 Å². The second kappa shape index (κ2) is 6.02. The molecule has 0 aromatic heterocycles. The predicted octanol–water partition coefficient (Wildman–Crippen LogP) is 0.595. The molecule has 0 radical (unpaired) electrons. The highest BCUT2D eigenvalue weighted by molar-refractivity contribution is 6.04. The zero-order valence-electron chi connectivity index (χ0n) is 10.4. The van der Waals surface area contributed by atoms with Gasteiger partial charge < -0.3 is 20.9 Å². The first-order valence-corrected chi connectivity index (χ1v) is 5.34. The van der Waals surface area contributed by atoms with Crippen LogP contribution in [0.5, 0.6) is 5.75 Å². The van der Waals surface area contributed by atoms with Crippen molar-refractivity contribution in [1.82, 2.24) is 0 Å². The van der Waals surface area contributed by atoms with Crippen molar-refractivity contribution < 1.29 is 19.1 Å². The molecular weight excluding hydrogens is 236 g/mol. The molecule has 1 rings (SSSR count). The average Bonchev–Trinajstić information content (AvgIpc) is 2.37. The van der Waals surface area contributed by atoms with E-state index >= 15 is 0 Å². The van der Waals surface area contributed by atoms with Crippen molar-refractivity contribution in [2.24, 2.45) is 5.73 Å². The van der Waals surface area contributed by atoms with Gasteiger partial charge in [-0.25, -0.2) is 4.79 Å². The summed E-state index contributed by atoms with van der Waals surface area (Å²) >= 11 is 0. The van der Waals surface area contributed by atoms with Crippen LogP contribution >= 0.6 is 0 Å². The number of anilines is 1. The molecule has 6 heteroatoms. The van der Waals surface area contributed by atoms with Gasteiger partial charge in [0, 0.05) is 17.7 Å². The molecule has 0 unspecified atom stereocenters. The van der Waals surface area contributed by atoms with E-state index < -0.39 is 5.97 Å². The van der Waals surface area contributed by atoms with Crippen LogP contribution < -0.4 is 16.2 Å². The van der Waals surface area contributed by atoms with Crippen molar-refractivity contribution in [3.05, 3.63) is 23.3 Å². The van der Waals surface area contributed by atoms with Gasteiger partial charge in [-0.3, -0.25) is 4.79 Å². The molecular formula is C12H16N2O4. The predicted molar refractivity (Wildman–Crippen MR) is 66.7 cm³/mol. The maximum Gasteiger partial charge on any atom is 0.341 e. The van der Waals surface area contributed by atoms with Crippen molar-refractivity contribution >= 4 is 17.4 Å². The van der Waals surface area contributed by atoms with Crippen molar-refractivity contribution in [2.45, 2.75) is 6.42 Å². The lowest BCUT2D eigenvalue weighted by atomic mass is 10.0. The largest absolute Gasteiger partial charge is 0.496 e. The van der Waals surface area contributed by atoms with Gasteiger partial charge in [0.25, 0.3) is 0 Å². The van der Waals surface area contributed by atoms with Gasteiger partial charge in [-0.2, -0.15) is 0 Å². The molecule has 4 N–H and O–H groups in total. The van der Waals surface area contributed by atoms with Crippen LogP contribution in [0, 0.1) is 0 Å². The van der Waals surface area contributed by atoms with Gasteiger partial charge in [0.05, 0.1) is 14.2 Å². The van der Waals surface area contributed by atoms with Gasteiger partial charge in [-0.1, -0.05) is 0 Å². The Morgan fingerprint density at radius 1 is 1.22 bits per heavy atom. The highest BCUT2D eigenvalue weighted by atomic mass is 16.5. The maximum atomic E-state index is 11.8. The van der Waals surface area contributed by atoms with Crippen LogP contribution in [0.1, 0.15) is 27.1 Å². The first-order chi connectivity index (χ1) is 8.54. The minimum Gasteiger partial charge on any atom is -0.496 e. The number of carbonyl (C=O) groups excluding carboxylic acids is 2. The summed E-state index contributed by atoms with van der Waals surface area (Å²) in [5.74, 6) is -0.516. The van der Waals surface area contributed by atoms with Crippen LogP contribution in [0.15, 0.2) is 12.1 Å². The number of nitrogens with two attached hydrogens (primary N) is 2. The Morgan fingerprint density at radius 2 is 1.89 bits per heavy atom. The summed E-state index contributed by atoms with van der Waals surface area (Å²) in [6.45, 7) is 0.235. The molecule has 0 spiro atoms. The van der Waals surface area contributed by atoms with Crippen LogP contribution in [0.25, 0.3) is 0 Å². The zero-order chi connectivity index (χ0) is 13.7. The van der Waals surface area contributed by atoms with Crippen molar-refractivity contribution in [2.75, 3.05) is 26.5 Å². The third-order valence-electron chi connectivity index (χ3n) is 2.45. The number of nitrogen functional groups attached to an aromatic ring is 1. The van der Waals surface area contributed by atoms with E-state index in [4.69, 9.17) is 16.2 Å². The summed E-state index contributed by atoms with van der Waals surface area (Å²) in [5.41, 5.74) is 11.7. The van der Waals surface area contributed by atoms with Gasteiger partial charge in [-0.15, -0.1) is 0 Å². The maximum absolute atomic E-state index is 11.8. The normalized spacial score (nSPS) is 9.94. The lowest BCUT2D eigenvalue weighted by molar-refractivity contribution is 0.0596. The van der Waals surface area contributed by atoms with Crippen LogP contribution in [-0.4, -0.2) is 32.5 Å². The van der Waals surface area contributed by atoms with E-state index in [1.165, 1.54) is 26.4 Å². The van der Waals surface area contributed by atoms with E-state index in [0.29, 0.717) is 5.56 Å². The molecule has 98 valence electrons. The molecule has 0 saturated carbocycles. The second-order valence-corrected chi connectivity index (χ2v) is 3.59. The first kappa shape index (κ1) is 14.0. The Morgan fingerprint density at radius 3 is 2.39 bits per heavy atom. The fraction of sp³-hybridized carbons (Fsp3) is 0.333. The van der Waals surface area contributed by atoms with E-state index in [9.17, 15) is 9.59 Å². The molecule has 6 nitrogen and oxygen atoms in total. The number of methoxy groups -OCH3 is 2. The number of ketones is 1. The molecule has 0 heterocycles. The Bertz CT molecular complexity index is 471. The van der Waals surface area contributed by atoms with Gasteiger partial charge in [0.1, 0.15) is 11.3 Å². The minimum atomic E-state index is -0.573. The summed E-state index contributed by atoms with van der Waals surface area (Å²) in [4.78, 5) is 23.2. The molecule has 0 fully saturated rings. The second-order valence-electron chi connectivity index (χ2n) is 3.59. The van der Waals surface area contributed by atoms with Crippen LogP contribution in [-0.2, 0) is 4.74 Å². The number of carbonyl (C=O) groups is 2. The Balaban J connectivity index is 3.26. The lowest BCUT2D eigenvalue weighted by Gasteiger charge is -2.11. The lowest BCUT2D eigenvalue weighted by Crippen LogP contribution is -2.12. The van der Waals surface area contributed by atoms with Crippen LogP contribution in [0.3, 0.4) is 0 Å². The smallest absolute Gasteiger partial charge is 0.341 e. The SMILES string of the molecule is COC(=O)c1cc(N)c(C(=O)CCN)cc1OC. The summed E-state index contributed by atoms with van der Waals surface area (Å²) < 4.78 is 9.65. The average molecular weight is 252 g/mol. The number of hydrogen-bond acceptors (Lipinski definition) is 6. The molecule has 0 aliphatic carbocycles. The summed E-state index contributed by atoms with van der Waals surface area (Å²) in [6.07, 6.45) is 0.185. The van der Waals surface area contributed by atoms with E-state index in [1.807, 2.05) is 0 Å². The van der Waals surface area contributed by atoms with Gasteiger partial charge in [0.2, 0.25) is 0 Å². The summed E-state index contributed by atoms with van der Waals surface area (Å²) in [5, 5.41) is 0. The quantitative estimate of drug-likeness (QED) is 0.451. The number of hydrogen-bond donors (Lipinski definition) is 2. The molecule has 0 aliphatic heterocycles. The van der Waals surface area contributed by atoms with E-state index in [0.717, 1.165) is 0 Å². The number of Topliss-reactive ketones (excluding diaryl/α,β-unsaturated/α-hetero) is 1. The van der Waals surface area contributed by atoms with Crippen molar-refractivity contribution in [3.8, 4) is 5.75 Å². The molecule has 0 atom stereocenters. The van der Waals surface area contributed by atoms with Gasteiger partial charge in [-0.05, 0) is 18.7 Å². The van der Waals surface area contributed by atoms with Gasteiger partial charge >= 0.3 is 5.97 Å². The number of esters is 1. The molecule has 1 aromatic carbocycles. The van der Waals surface area contributed by atoms with E-state index in [1.54, 1.807) is 0 Å². The van der Waals surface area contributed by atoms with E-state index in [2.05, 4.69) is 4.74 Å². The summed E-state index contributed by atoms with van der Waals surface area (Å²) in [7, 11) is 2.65. The molecule has 1 aromatic rings. The molecule has 0 aliphatic rings. The van der Waals surface area contributed by atoms with Crippen molar-refractivity contribution in [1.29, 1.82) is 0 Å². The zero-order valence-corrected chi connectivity index (χ0v) is 10.4. The number of ether oxygens (including phenoxy) is 2. The fourth-order valence-corrected chi connectivity index (χ4v) is 1.54. The Labute approximate surface area is 105 Å². The van der Waals surface area contributed by atoms with E-state index in [-0.39, 0.29) is 35.7 Å². The van der Waals surface area contributed by atoms with Crippen LogP contribution in [0.4, 0.5) is 5.69 Å². The third kappa shape index (κ3) is 2.78. The van der Waals surface area contributed by atoms with Crippen LogP contribution in [0.2, 0.25) is 0 Å². The molecule has 0 amide bonds. The molecule has 18 heavy (non-hydrogen) atoms. The monoisotopic (exact) mass is 252 g/mol. The minimum absolute atomic E-state index is 0.182. The fourth-order valence-electron chi connectivity index (χ4n) is 1.54. The standard InChI is InChI=1S/C12H16N2O4/c1-17-11-6-7(10(15)3-4-13)9(14)5-8(11)12(16)18-2/h5-6H,3-4,13-14H2,1-2H3. The van der Waals surface area contributed by atoms with Gasteiger partial charge in [0.15, 0.2) is 5.78 Å². The highest BCUT2D eigenvalue weighted by Gasteiger charge is 2.18. The number of rotatable bonds is 5. The summed E-state index contributed by atoms with van der Waals surface area (Å²) in [6, 6.07) is 2.80. The molecule has 0 saturated heterocycles. The van der Waals surface area contributed by atoms with Crippen molar-refractivity contribution in [3.63, 3.8) is 0 Å². The third-order valence-corrected chi connectivity index (χ3v) is 2.45. The number of benzene rings is 1. The Kier molecular flexibility index (Phi) is 4.67.